The summed E-state index contributed by atoms with van der Waals surface area (Å²) in [7, 11) is 0. The quantitative estimate of drug-likeness (QED) is 0.476. The number of hydrogen-bond acceptors (Lipinski definition) is 0. The minimum Gasteiger partial charge on any atom is -0.133 e. The lowest BCUT2D eigenvalue weighted by atomic mass is 10.2. The molecule has 0 N–H and O–H groups in total. The first-order chi connectivity index (χ1) is 3.88. The van der Waals surface area contributed by atoms with Gasteiger partial charge in [0.05, 0.1) is 0 Å². The third-order valence-electron chi connectivity index (χ3n) is 1.83. The first kappa shape index (κ1) is 5.65. The second-order valence-electron chi connectivity index (χ2n) is 2.44. The largest absolute Gasteiger partial charge is 0.133 e. The van der Waals surface area contributed by atoms with Crippen LogP contribution in [0.5, 0.6) is 0 Å². The van der Waals surface area contributed by atoms with Crippen molar-refractivity contribution in [3.05, 3.63) is 18.4 Å². The molecule has 8 heavy (non-hydrogen) atoms. The van der Waals surface area contributed by atoms with Gasteiger partial charge in [-0.15, -0.1) is 5.73 Å². The summed E-state index contributed by atoms with van der Waals surface area (Å²) in [4.78, 5) is 0. The van der Waals surface area contributed by atoms with Gasteiger partial charge in [-0.1, -0.05) is 19.9 Å². The van der Waals surface area contributed by atoms with E-state index in [1.54, 1.807) is 0 Å². The minimum atomic E-state index is 0.831. The molecule has 0 aromatic rings. The van der Waals surface area contributed by atoms with E-state index in [1.165, 1.54) is 12.8 Å². The van der Waals surface area contributed by atoms with Crippen molar-refractivity contribution in [1.82, 2.24) is 0 Å². The van der Waals surface area contributed by atoms with Gasteiger partial charge < -0.3 is 0 Å². The van der Waals surface area contributed by atoms with Gasteiger partial charge in [-0.3, -0.25) is 0 Å². The van der Waals surface area contributed by atoms with Crippen LogP contribution in [0.4, 0.5) is 0 Å². The Hall–Kier alpha value is -0.480. The fraction of sp³-hybridized carbons (Fsp3) is 0.625. The summed E-state index contributed by atoms with van der Waals surface area (Å²) < 4.78 is 0. The molecule has 44 valence electrons. The predicted molar refractivity (Wildman–Crippen MR) is 35.6 cm³/mol. The van der Waals surface area contributed by atoms with Gasteiger partial charge in [0.15, 0.2) is 0 Å². The van der Waals surface area contributed by atoms with E-state index in [1.807, 2.05) is 0 Å². The molecule has 0 aromatic heterocycles. The fourth-order valence-corrected chi connectivity index (χ4v) is 1.10. The number of hydrogen-bond donors (Lipinski definition) is 0. The van der Waals surface area contributed by atoms with Gasteiger partial charge in [-0.25, -0.2) is 0 Å². The highest BCUT2D eigenvalue weighted by atomic mass is 14.4. The molecule has 0 amide bonds. The normalized spacial score (nSPS) is 33.6. The standard InChI is InChI=1S/C8H12/c1-3-5-8-6-7(8)4-2/h5,7-8H,1,4,6H2,2H3. The zero-order valence-corrected chi connectivity index (χ0v) is 5.35. The topological polar surface area (TPSA) is 0 Å². The molecular weight excluding hydrogens is 96.1 g/mol. The number of allylic oxidation sites excluding steroid dienone is 1. The Bertz CT molecular complexity index is 118. The molecule has 1 fully saturated rings. The van der Waals surface area contributed by atoms with Crippen molar-refractivity contribution in [1.29, 1.82) is 0 Å². The molecule has 0 saturated heterocycles. The fourth-order valence-electron chi connectivity index (χ4n) is 1.10. The predicted octanol–water partition coefficient (Wildman–Crippen LogP) is 2.37. The van der Waals surface area contributed by atoms with Crippen LogP contribution in [0.15, 0.2) is 18.4 Å². The molecule has 1 rings (SSSR count). The summed E-state index contributed by atoms with van der Waals surface area (Å²) in [5.41, 5.74) is 2.82. The second-order valence-corrected chi connectivity index (χ2v) is 2.44. The molecule has 1 aliphatic carbocycles. The van der Waals surface area contributed by atoms with Crippen LogP contribution in [0.3, 0.4) is 0 Å². The van der Waals surface area contributed by atoms with E-state index in [0.717, 1.165) is 11.8 Å². The van der Waals surface area contributed by atoms with Crippen LogP contribution in [-0.2, 0) is 0 Å². The van der Waals surface area contributed by atoms with Gasteiger partial charge >= 0.3 is 0 Å². The molecule has 1 aliphatic rings. The molecule has 0 heteroatoms. The van der Waals surface area contributed by atoms with E-state index in [2.05, 4.69) is 25.3 Å². The molecule has 0 bridgehead atoms. The van der Waals surface area contributed by atoms with Crippen molar-refractivity contribution < 1.29 is 0 Å². The van der Waals surface area contributed by atoms with E-state index in [4.69, 9.17) is 0 Å². The maximum atomic E-state index is 3.53. The van der Waals surface area contributed by atoms with Crippen molar-refractivity contribution >= 4 is 0 Å². The van der Waals surface area contributed by atoms with Gasteiger partial charge in [-0.05, 0) is 24.3 Å². The monoisotopic (exact) mass is 108 g/mol. The highest BCUT2D eigenvalue weighted by Crippen LogP contribution is 2.41. The van der Waals surface area contributed by atoms with Gasteiger partial charge in [0, 0.05) is 0 Å². The minimum absolute atomic E-state index is 0.831. The van der Waals surface area contributed by atoms with Gasteiger partial charge in [-0.2, -0.15) is 0 Å². The van der Waals surface area contributed by atoms with Crippen LogP contribution >= 0.6 is 0 Å². The van der Waals surface area contributed by atoms with Crippen LogP contribution in [0.1, 0.15) is 19.8 Å². The van der Waals surface area contributed by atoms with Crippen LogP contribution < -0.4 is 0 Å². The molecule has 1 saturated carbocycles. The molecule has 0 radical (unpaired) electrons. The Balaban J connectivity index is 2.26. The second kappa shape index (κ2) is 2.19. The Morgan fingerprint density at radius 1 is 1.88 bits per heavy atom. The SMILES string of the molecule is C=C=CC1CC1CC. The van der Waals surface area contributed by atoms with Crippen molar-refractivity contribution in [2.45, 2.75) is 19.8 Å². The highest BCUT2D eigenvalue weighted by Gasteiger charge is 2.32. The summed E-state index contributed by atoms with van der Waals surface area (Å²) in [6.07, 6.45) is 4.79. The lowest BCUT2D eigenvalue weighted by Crippen LogP contribution is -1.71. The maximum Gasteiger partial charge on any atom is -0.0126 e. The lowest BCUT2D eigenvalue weighted by Gasteiger charge is -1.81. The van der Waals surface area contributed by atoms with Crippen LogP contribution in [-0.4, -0.2) is 0 Å². The zero-order valence-electron chi connectivity index (χ0n) is 5.35. The third-order valence-corrected chi connectivity index (χ3v) is 1.83. The summed E-state index contributed by atoms with van der Waals surface area (Å²) in [6, 6.07) is 0. The zero-order chi connectivity index (χ0) is 5.98. The first-order valence-electron chi connectivity index (χ1n) is 3.24. The summed E-state index contributed by atoms with van der Waals surface area (Å²) in [6.45, 7) is 5.77. The van der Waals surface area contributed by atoms with Crippen molar-refractivity contribution in [2.75, 3.05) is 0 Å². The van der Waals surface area contributed by atoms with Crippen molar-refractivity contribution in [3.8, 4) is 0 Å². The highest BCUT2D eigenvalue weighted by molar-refractivity contribution is 4.99. The van der Waals surface area contributed by atoms with Crippen molar-refractivity contribution in [3.63, 3.8) is 0 Å². The van der Waals surface area contributed by atoms with E-state index >= 15 is 0 Å². The average Bonchev–Trinajstić information content (AvgIpc) is 2.48. The molecule has 2 unspecified atom stereocenters. The number of rotatable bonds is 2. The molecule has 0 nitrogen and oxygen atoms in total. The maximum absolute atomic E-state index is 3.53. The molecular formula is C8H12. The third kappa shape index (κ3) is 1.02. The molecule has 0 aromatic carbocycles. The Kier molecular flexibility index (Phi) is 1.55. The van der Waals surface area contributed by atoms with Crippen LogP contribution in [0.25, 0.3) is 0 Å². The van der Waals surface area contributed by atoms with E-state index in [9.17, 15) is 0 Å². The molecule has 2 atom stereocenters. The first-order valence-corrected chi connectivity index (χ1v) is 3.24. The van der Waals surface area contributed by atoms with Gasteiger partial charge in [0.2, 0.25) is 0 Å². The molecule has 0 aliphatic heterocycles. The summed E-state index contributed by atoms with van der Waals surface area (Å²) >= 11 is 0. The van der Waals surface area contributed by atoms with Crippen molar-refractivity contribution in [2.24, 2.45) is 11.8 Å². The Morgan fingerprint density at radius 2 is 2.62 bits per heavy atom. The smallest absolute Gasteiger partial charge is 0.0126 e. The van der Waals surface area contributed by atoms with Gasteiger partial charge in [0.1, 0.15) is 0 Å². The molecule has 0 spiro atoms. The summed E-state index contributed by atoms with van der Waals surface area (Å²) in [5, 5.41) is 0. The lowest BCUT2D eigenvalue weighted by molar-refractivity contribution is 0.756. The van der Waals surface area contributed by atoms with Gasteiger partial charge in [0.25, 0.3) is 0 Å². The Labute approximate surface area is 50.9 Å². The van der Waals surface area contributed by atoms with E-state index < -0.39 is 0 Å². The van der Waals surface area contributed by atoms with E-state index in [0.29, 0.717) is 0 Å². The van der Waals surface area contributed by atoms with E-state index in [-0.39, 0.29) is 0 Å². The Morgan fingerprint density at radius 3 is 3.00 bits per heavy atom. The van der Waals surface area contributed by atoms with Crippen LogP contribution in [0, 0.1) is 11.8 Å². The molecule has 0 heterocycles. The van der Waals surface area contributed by atoms with Crippen LogP contribution in [0.2, 0.25) is 0 Å². The average molecular weight is 108 g/mol. The summed E-state index contributed by atoms with van der Waals surface area (Å²) in [5.74, 6) is 1.79.